The van der Waals surface area contributed by atoms with Gasteiger partial charge in [0.25, 0.3) is 0 Å². The second kappa shape index (κ2) is 9.91. The maximum absolute atomic E-state index is 13.0. The first-order valence-electron chi connectivity index (χ1n) is 10.9. The number of hydrogen-bond acceptors (Lipinski definition) is 6. The van der Waals surface area contributed by atoms with E-state index < -0.39 is 10.0 Å². The molecule has 0 atom stereocenters. The lowest BCUT2D eigenvalue weighted by Gasteiger charge is -2.37. The predicted molar refractivity (Wildman–Crippen MR) is 123 cm³/mol. The van der Waals surface area contributed by atoms with Gasteiger partial charge in [-0.25, -0.2) is 8.42 Å². The number of piperazine rings is 1. The molecule has 1 aliphatic rings. The molecule has 1 aromatic carbocycles. The fraction of sp³-hybridized carbons (Fsp3) is 0.545. The molecule has 1 aliphatic heterocycles. The van der Waals surface area contributed by atoms with Crippen molar-refractivity contribution in [1.82, 2.24) is 19.7 Å². The van der Waals surface area contributed by atoms with Crippen LogP contribution < -0.4 is 5.32 Å². The monoisotopic (exact) mass is 482 g/mol. The maximum Gasteiger partial charge on any atom is 0.248 e. The minimum absolute atomic E-state index is 0.0420. The molecule has 1 N–H and O–H groups in total. The standard InChI is InChI=1S/C22H31ClN4O4S/c1-5-22(6-2,18-7-9-19(23)10-8-18)24-15-20(28)26-11-13-27(14-12-26)32(29,30)21-16(3)25-31-17(21)4/h7-10,24H,5-6,11-15H2,1-4H3. The highest BCUT2D eigenvalue weighted by Gasteiger charge is 2.35. The lowest BCUT2D eigenvalue weighted by molar-refractivity contribution is -0.131. The normalized spacial score (nSPS) is 15.8. The molecule has 2 heterocycles. The average Bonchev–Trinajstić information content (AvgIpc) is 3.14. The molecule has 1 saturated heterocycles. The summed E-state index contributed by atoms with van der Waals surface area (Å²) < 4.78 is 32.4. The van der Waals surface area contributed by atoms with Crippen molar-refractivity contribution >= 4 is 27.5 Å². The van der Waals surface area contributed by atoms with Gasteiger partial charge in [0.2, 0.25) is 15.9 Å². The number of aryl methyl sites for hydroxylation is 2. The third-order valence-electron chi connectivity index (χ3n) is 6.34. The van der Waals surface area contributed by atoms with Crippen molar-refractivity contribution in [3.63, 3.8) is 0 Å². The Morgan fingerprint density at radius 3 is 2.22 bits per heavy atom. The molecule has 0 spiro atoms. The summed E-state index contributed by atoms with van der Waals surface area (Å²) in [5, 5.41) is 7.89. The first kappa shape index (κ1) is 24.7. The van der Waals surface area contributed by atoms with Gasteiger partial charge in [0.1, 0.15) is 10.6 Å². The Kier molecular flexibility index (Phi) is 7.65. The van der Waals surface area contributed by atoms with E-state index in [9.17, 15) is 13.2 Å². The third-order valence-corrected chi connectivity index (χ3v) is 8.73. The first-order chi connectivity index (χ1) is 15.1. The van der Waals surface area contributed by atoms with Gasteiger partial charge < -0.3 is 9.42 Å². The van der Waals surface area contributed by atoms with Crippen LogP contribution in [-0.2, 0) is 20.4 Å². The Bertz CT molecular complexity index is 1020. The number of rotatable bonds is 8. The number of hydrogen-bond donors (Lipinski definition) is 1. The minimum atomic E-state index is -3.70. The molecule has 176 valence electrons. The van der Waals surface area contributed by atoms with Crippen LogP contribution in [0.1, 0.15) is 43.7 Å². The summed E-state index contributed by atoms with van der Waals surface area (Å²) in [5.74, 6) is 0.238. The minimum Gasteiger partial charge on any atom is -0.360 e. The van der Waals surface area contributed by atoms with Gasteiger partial charge in [-0.2, -0.15) is 4.31 Å². The fourth-order valence-electron chi connectivity index (χ4n) is 4.29. The summed E-state index contributed by atoms with van der Waals surface area (Å²) >= 11 is 6.03. The lowest BCUT2D eigenvalue weighted by Crippen LogP contribution is -2.54. The molecule has 0 aliphatic carbocycles. The number of nitrogens with one attached hydrogen (secondary N) is 1. The van der Waals surface area contributed by atoms with Crippen LogP contribution in [0.25, 0.3) is 0 Å². The van der Waals surface area contributed by atoms with E-state index in [1.54, 1.807) is 18.7 Å². The van der Waals surface area contributed by atoms with Crippen molar-refractivity contribution in [2.24, 2.45) is 0 Å². The van der Waals surface area contributed by atoms with E-state index in [0.717, 1.165) is 18.4 Å². The molecule has 1 fully saturated rings. The van der Waals surface area contributed by atoms with Crippen molar-refractivity contribution in [3.8, 4) is 0 Å². The molecule has 0 unspecified atom stereocenters. The molecule has 8 nitrogen and oxygen atoms in total. The van der Waals surface area contributed by atoms with Gasteiger partial charge in [-0.15, -0.1) is 0 Å². The summed E-state index contributed by atoms with van der Waals surface area (Å²) in [6.07, 6.45) is 1.64. The van der Waals surface area contributed by atoms with Crippen LogP contribution in [0.15, 0.2) is 33.7 Å². The van der Waals surface area contributed by atoms with Crippen LogP contribution in [-0.4, -0.2) is 61.4 Å². The Morgan fingerprint density at radius 2 is 1.72 bits per heavy atom. The van der Waals surface area contributed by atoms with Crippen LogP contribution in [0.3, 0.4) is 0 Å². The molecule has 0 radical (unpaired) electrons. The average molecular weight is 483 g/mol. The zero-order chi connectivity index (χ0) is 23.5. The van der Waals surface area contributed by atoms with Crippen LogP contribution in [0, 0.1) is 13.8 Å². The summed E-state index contributed by atoms with van der Waals surface area (Å²) in [4.78, 5) is 14.7. The van der Waals surface area contributed by atoms with Crippen LogP contribution in [0.4, 0.5) is 0 Å². The topological polar surface area (TPSA) is 95.8 Å². The van der Waals surface area contributed by atoms with Gasteiger partial charge >= 0.3 is 0 Å². The summed E-state index contributed by atoms with van der Waals surface area (Å²) in [6, 6.07) is 7.70. The molecule has 32 heavy (non-hydrogen) atoms. The highest BCUT2D eigenvalue weighted by atomic mass is 35.5. The van der Waals surface area contributed by atoms with E-state index >= 15 is 0 Å². The predicted octanol–water partition coefficient (Wildman–Crippen LogP) is 3.08. The van der Waals surface area contributed by atoms with E-state index in [-0.39, 0.29) is 41.7 Å². The molecule has 2 aromatic rings. The molecule has 1 amide bonds. The SMILES string of the molecule is CCC(CC)(NCC(=O)N1CCN(S(=O)(=O)c2c(C)noc2C)CC1)c1ccc(Cl)cc1. The maximum atomic E-state index is 13.0. The van der Waals surface area contributed by atoms with Gasteiger partial charge in [-0.3, -0.25) is 10.1 Å². The van der Waals surface area contributed by atoms with Crippen molar-refractivity contribution in [1.29, 1.82) is 0 Å². The van der Waals surface area contributed by atoms with E-state index in [0.29, 0.717) is 23.8 Å². The van der Waals surface area contributed by atoms with Crippen molar-refractivity contribution in [2.45, 2.75) is 51.0 Å². The molecular formula is C22H31ClN4O4S. The van der Waals surface area contributed by atoms with Crippen LogP contribution in [0.5, 0.6) is 0 Å². The smallest absolute Gasteiger partial charge is 0.248 e. The summed E-state index contributed by atoms with van der Waals surface area (Å²) in [5.41, 5.74) is 1.12. The van der Waals surface area contributed by atoms with Crippen molar-refractivity contribution in [3.05, 3.63) is 46.3 Å². The second-order valence-electron chi connectivity index (χ2n) is 8.09. The van der Waals surface area contributed by atoms with Crippen LogP contribution in [0.2, 0.25) is 5.02 Å². The van der Waals surface area contributed by atoms with E-state index in [1.165, 1.54) is 4.31 Å². The van der Waals surface area contributed by atoms with Crippen molar-refractivity contribution in [2.75, 3.05) is 32.7 Å². The molecule has 0 bridgehead atoms. The largest absolute Gasteiger partial charge is 0.360 e. The molecule has 0 saturated carbocycles. The fourth-order valence-corrected chi connectivity index (χ4v) is 6.13. The molecular weight excluding hydrogens is 452 g/mol. The Labute approximate surface area is 194 Å². The zero-order valence-corrected chi connectivity index (χ0v) is 20.6. The Morgan fingerprint density at radius 1 is 1.12 bits per heavy atom. The number of carbonyl (C=O) groups excluding carboxylic acids is 1. The van der Waals surface area contributed by atoms with E-state index in [1.807, 2.05) is 24.3 Å². The highest BCUT2D eigenvalue weighted by molar-refractivity contribution is 7.89. The second-order valence-corrected chi connectivity index (χ2v) is 10.4. The molecule has 10 heteroatoms. The van der Waals surface area contributed by atoms with Gasteiger partial charge in [0.05, 0.1) is 6.54 Å². The summed E-state index contributed by atoms with van der Waals surface area (Å²) in [7, 11) is -3.70. The number of benzene rings is 1. The number of halogens is 1. The third kappa shape index (κ3) is 4.85. The Hall–Kier alpha value is -1.94. The molecule has 3 rings (SSSR count). The number of carbonyl (C=O) groups is 1. The first-order valence-corrected chi connectivity index (χ1v) is 12.7. The summed E-state index contributed by atoms with van der Waals surface area (Å²) in [6.45, 7) is 8.73. The van der Waals surface area contributed by atoms with Gasteiger partial charge in [-0.1, -0.05) is 42.7 Å². The van der Waals surface area contributed by atoms with Gasteiger partial charge in [0, 0.05) is 36.7 Å². The van der Waals surface area contributed by atoms with Crippen LogP contribution >= 0.6 is 11.6 Å². The number of aromatic nitrogens is 1. The number of sulfonamides is 1. The van der Waals surface area contributed by atoms with Gasteiger partial charge in [-0.05, 0) is 44.4 Å². The highest BCUT2D eigenvalue weighted by Crippen LogP contribution is 2.30. The number of amides is 1. The Balaban J connectivity index is 1.62. The van der Waals surface area contributed by atoms with E-state index in [4.69, 9.17) is 16.1 Å². The van der Waals surface area contributed by atoms with Gasteiger partial charge in [0.15, 0.2) is 5.76 Å². The molecule has 1 aromatic heterocycles. The van der Waals surface area contributed by atoms with Crippen molar-refractivity contribution < 1.29 is 17.7 Å². The quantitative estimate of drug-likeness (QED) is 0.621. The zero-order valence-electron chi connectivity index (χ0n) is 19.0. The number of nitrogens with zero attached hydrogens (tertiary/aromatic N) is 3. The van der Waals surface area contributed by atoms with E-state index in [2.05, 4.69) is 24.3 Å². The lowest BCUT2D eigenvalue weighted by atomic mass is 9.84.